The highest BCUT2D eigenvalue weighted by atomic mass is 35.5. The lowest BCUT2D eigenvalue weighted by Crippen LogP contribution is -2.50. The first-order valence-corrected chi connectivity index (χ1v) is 13.5. The Bertz CT molecular complexity index is 1210. The van der Waals surface area contributed by atoms with Gasteiger partial charge >= 0.3 is 6.03 Å². The Labute approximate surface area is 221 Å². The second-order valence-electron chi connectivity index (χ2n) is 9.05. The molecule has 0 spiro atoms. The van der Waals surface area contributed by atoms with Crippen LogP contribution in [0.5, 0.6) is 5.75 Å². The predicted molar refractivity (Wildman–Crippen MR) is 146 cm³/mol. The van der Waals surface area contributed by atoms with Crippen molar-refractivity contribution in [1.29, 1.82) is 0 Å². The van der Waals surface area contributed by atoms with E-state index in [0.29, 0.717) is 23.9 Å². The zero-order valence-electron chi connectivity index (χ0n) is 20.9. The van der Waals surface area contributed by atoms with E-state index in [1.165, 1.54) is 4.88 Å². The Morgan fingerprint density at radius 2 is 2.03 bits per heavy atom. The molecule has 0 saturated carbocycles. The zero-order valence-corrected chi connectivity index (χ0v) is 22.4. The van der Waals surface area contributed by atoms with Crippen LogP contribution in [0.4, 0.5) is 10.5 Å². The Kier molecular flexibility index (Phi) is 8.54. The normalized spacial score (nSPS) is 15.7. The highest BCUT2D eigenvalue weighted by molar-refractivity contribution is 7.10. The third-order valence-corrected chi connectivity index (χ3v) is 7.90. The minimum Gasteiger partial charge on any atom is -0.491 e. The lowest BCUT2D eigenvalue weighted by molar-refractivity contribution is -0.135. The minimum absolute atomic E-state index is 0.0122. The van der Waals surface area contributed by atoms with Crippen molar-refractivity contribution in [3.63, 3.8) is 0 Å². The molecule has 36 heavy (non-hydrogen) atoms. The van der Waals surface area contributed by atoms with Crippen LogP contribution < -0.4 is 10.1 Å². The molecule has 0 bridgehead atoms. The van der Waals surface area contributed by atoms with Gasteiger partial charge in [-0.25, -0.2) is 4.79 Å². The lowest BCUT2D eigenvalue weighted by Gasteiger charge is -2.38. The Morgan fingerprint density at radius 1 is 1.22 bits per heavy atom. The number of nitrogens with zero attached hydrogens (tertiary/aromatic N) is 2. The summed E-state index contributed by atoms with van der Waals surface area (Å²) in [5.41, 5.74) is 2.78. The van der Waals surface area contributed by atoms with Gasteiger partial charge in [0.1, 0.15) is 18.9 Å². The Morgan fingerprint density at radius 3 is 2.78 bits per heavy atom. The summed E-state index contributed by atoms with van der Waals surface area (Å²) < 4.78 is 6.20. The first-order valence-electron chi connectivity index (χ1n) is 12.2. The number of aryl methyl sites for hydroxylation is 1. The highest BCUT2D eigenvalue weighted by Gasteiger charge is 2.34. The number of anilines is 1. The molecule has 8 heteroatoms. The molecule has 2 aromatic carbocycles. The molecule has 1 aromatic heterocycles. The molecule has 4 rings (SSSR count). The molecule has 1 aliphatic rings. The number of ether oxygens (including phenoxy) is 1. The number of halogens is 1. The molecule has 0 radical (unpaired) electrons. The summed E-state index contributed by atoms with van der Waals surface area (Å²) in [5, 5.41) is 5.50. The number of thiophene rings is 1. The lowest BCUT2D eigenvalue weighted by atomic mass is 10.00. The van der Waals surface area contributed by atoms with Crippen molar-refractivity contribution in [2.45, 2.75) is 45.7 Å². The van der Waals surface area contributed by atoms with Crippen molar-refractivity contribution < 1.29 is 14.3 Å². The molecular formula is C28H32ClN3O3S. The number of fused-ring (bicyclic) bond motifs is 1. The smallest absolute Gasteiger partial charge is 0.322 e. The summed E-state index contributed by atoms with van der Waals surface area (Å²) in [6.07, 6.45) is 1.53. The van der Waals surface area contributed by atoms with E-state index < -0.39 is 0 Å². The third kappa shape index (κ3) is 6.02. The highest BCUT2D eigenvalue weighted by Crippen LogP contribution is 2.34. The van der Waals surface area contributed by atoms with Crippen LogP contribution in [0.15, 0.2) is 60.0 Å². The average molecular weight is 526 g/mol. The summed E-state index contributed by atoms with van der Waals surface area (Å²) in [4.78, 5) is 31.7. The number of carbonyl (C=O) groups excluding carboxylic acids is 2. The summed E-state index contributed by atoms with van der Waals surface area (Å²) >= 11 is 7.80. The van der Waals surface area contributed by atoms with Crippen LogP contribution in [0, 0.1) is 6.92 Å². The van der Waals surface area contributed by atoms with Crippen LogP contribution in [0.25, 0.3) is 0 Å². The SMILES string of the molecule is CC[C@@H](C)N(CC(=O)N1CCc2sccc2[C@@H]1COc1ccccc1C)C(=O)Nc1cccc(Cl)c1. The average Bonchev–Trinajstić information content (AvgIpc) is 3.35. The fourth-order valence-electron chi connectivity index (χ4n) is 4.41. The Balaban J connectivity index is 1.52. The van der Waals surface area contributed by atoms with E-state index in [9.17, 15) is 9.59 Å². The number of rotatable bonds is 8. The van der Waals surface area contributed by atoms with E-state index in [1.54, 1.807) is 40.5 Å². The van der Waals surface area contributed by atoms with Crippen LogP contribution in [0.1, 0.15) is 42.3 Å². The van der Waals surface area contributed by atoms with Crippen molar-refractivity contribution in [2.75, 3.05) is 25.0 Å². The van der Waals surface area contributed by atoms with Crippen LogP contribution in [0.3, 0.4) is 0 Å². The van der Waals surface area contributed by atoms with Crippen molar-refractivity contribution in [3.8, 4) is 5.75 Å². The van der Waals surface area contributed by atoms with Gasteiger partial charge in [0.25, 0.3) is 0 Å². The molecule has 0 fully saturated rings. The van der Waals surface area contributed by atoms with Crippen LogP contribution >= 0.6 is 22.9 Å². The number of nitrogens with one attached hydrogen (secondary N) is 1. The van der Waals surface area contributed by atoms with Crippen LogP contribution in [-0.4, -0.2) is 47.5 Å². The zero-order chi connectivity index (χ0) is 25.7. The van der Waals surface area contributed by atoms with Gasteiger partial charge in [-0.05, 0) is 73.5 Å². The number of urea groups is 1. The van der Waals surface area contributed by atoms with E-state index in [-0.39, 0.29) is 30.6 Å². The fraction of sp³-hybridized carbons (Fsp3) is 0.357. The van der Waals surface area contributed by atoms with E-state index in [0.717, 1.165) is 29.7 Å². The molecule has 190 valence electrons. The fourth-order valence-corrected chi connectivity index (χ4v) is 5.53. The topological polar surface area (TPSA) is 61.9 Å². The van der Waals surface area contributed by atoms with E-state index in [2.05, 4.69) is 16.8 Å². The number of benzene rings is 2. The van der Waals surface area contributed by atoms with Crippen molar-refractivity contribution in [1.82, 2.24) is 9.80 Å². The van der Waals surface area contributed by atoms with Crippen molar-refractivity contribution in [3.05, 3.63) is 81.0 Å². The first-order chi connectivity index (χ1) is 17.4. The van der Waals surface area contributed by atoms with Gasteiger partial charge in [0, 0.05) is 28.2 Å². The maximum atomic E-state index is 13.7. The molecule has 1 N–H and O–H groups in total. The minimum atomic E-state index is -0.319. The summed E-state index contributed by atoms with van der Waals surface area (Å²) in [5.74, 6) is 0.723. The Hall–Kier alpha value is -3.03. The maximum Gasteiger partial charge on any atom is 0.322 e. The molecule has 3 aromatic rings. The second-order valence-corrected chi connectivity index (χ2v) is 10.5. The molecule has 3 amide bonds. The van der Waals surface area contributed by atoms with Gasteiger partial charge in [0.2, 0.25) is 5.91 Å². The van der Waals surface area contributed by atoms with E-state index >= 15 is 0 Å². The van der Waals surface area contributed by atoms with Gasteiger partial charge in [-0.15, -0.1) is 11.3 Å². The standard InChI is InChI=1S/C28H32ClN3O3S/c1-4-20(3)32(28(34)30-22-10-7-9-21(29)16-22)17-27(33)31-14-12-26-23(13-15-36-26)24(31)18-35-25-11-6-5-8-19(25)2/h5-11,13,15-16,20,24H,4,12,14,17-18H2,1-3H3,(H,30,34)/t20-,24+/m1/s1. The first kappa shape index (κ1) is 26.0. The van der Waals surface area contributed by atoms with Gasteiger partial charge in [0.05, 0.1) is 6.04 Å². The number of hydrogen-bond acceptors (Lipinski definition) is 4. The molecule has 2 atom stereocenters. The molecule has 0 unspecified atom stereocenters. The number of carbonyl (C=O) groups is 2. The molecule has 0 saturated heterocycles. The monoisotopic (exact) mass is 525 g/mol. The maximum absolute atomic E-state index is 13.7. The van der Waals surface area contributed by atoms with Crippen LogP contribution in [0.2, 0.25) is 5.02 Å². The van der Waals surface area contributed by atoms with Crippen LogP contribution in [-0.2, 0) is 11.2 Å². The van der Waals surface area contributed by atoms with Gasteiger partial charge in [-0.2, -0.15) is 0 Å². The van der Waals surface area contributed by atoms with Gasteiger partial charge in [-0.3, -0.25) is 4.79 Å². The quantitative estimate of drug-likeness (QED) is 0.363. The van der Waals surface area contributed by atoms with Crippen molar-refractivity contribution in [2.24, 2.45) is 0 Å². The van der Waals surface area contributed by atoms with Crippen molar-refractivity contribution >= 4 is 40.6 Å². The molecule has 1 aliphatic heterocycles. The van der Waals surface area contributed by atoms with E-state index in [1.807, 2.05) is 49.9 Å². The number of amides is 3. The van der Waals surface area contributed by atoms with E-state index in [4.69, 9.17) is 16.3 Å². The summed E-state index contributed by atoms with van der Waals surface area (Å²) in [6.45, 7) is 6.92. The largest absolute Gasteiger partial charge is 0.491 e. The number of para-hydroxylation sites is 1. The summed E-state index contributed by atoms with van der Waals surface area (Å²) in [7, 11) is 0. The summed E-state index contributed by atoms with van der Waals surface area (Å²) in [6, 6.07) is 16.3. The molecule has 6 nitrogen and oxygen atoms in total. The van der Waals surface area contributed by atoms with Gasteiger partial charge in [-0.1, -0.05) is 42.8 Å². The third-order valence-electron chi connectivity index (χ3n) is 6.67. The predicted octanol–water partition coefficient (Wildman–Crippen LogP) is 6.55. The molecule has 2 heterocycles. The number of hydrogen-bond donors (Lipinski definition) is 1. The molecule has 0 aliphatic carbocycles. The van der Waals surface area contributed by atoms with Gasteiger partial charge in [0.15, 0.2) is 0 Å². The van der Waals surface area contributed by atoms with Gasteiger partial charge < -0.3 is 19.9 Å². The molecular weight excluding hydrogens is 494 g/mol. The second kappa shape index (κ2) is 11.8.